The third-order valence-corrected chi connectivity index (χ3v) is 5.69. The maximum atomic E-state index is 12.5. The number of hydrogen-bond donors (Lipinski definition) is 1. The van der Waals surface area contributed by atoms with Gasteiger partial charge < -0.3 is 14.7 Å². The van der Waals surface area contributed by atoms with Gasteiger partial charge in [-0.15, -0.1) is 0 Å². The van der Waals surface area contributed by atoms with Crippen molar-refractivity contribution in [3.05, 3.63) is 23.8 Å². The number of hydrogen-bond acceptors (Lipinski definition) is 5. The number of nitrogens with zero attached hydrogens (tertiary/aromatic N) is 3. The molecule has 1 saturated heterocycles. The van der Waals surface area contributed by atoms with Crippen LogP contribution in [0.15, 0.2) is 18.2 Å². The van der Waals surface area contributed by atoms with Gasteiger partial charge >= 0.3 is 0 Å². The molecule has 9 heteroatoms. The Kier molecular flexibility index (Phi) is 5.12. The topological polar surface area (TPSA) is 90.4 Å². The molecule has 1 amide bonds. The number of amides is 1. The summed E-state index contributed by atoms with van der Waals surface area (Å²) in [5.41, 5.74) is 0.176. The molecule has 0 bridgehead atoms. The van der Waals surface area contributed by atoms with E-state index in [2.05, 4.69) is 0 Å². The molecule has 2 rings (SSSR count). The Morgan fingerprint density at radius 2 is 1.83 bits per heavy atom. The molecular formula is C14H21N3O5S. The summed E-state index contributed by atoms with van der Waals surface area (Å²) in [5.74, 6) is -0.0225. The van der Waals surface area contributed by atoms with Gasteiger partial charge in [-0.05, 0) is 12.1 Å². The van der Waals surface area contributed by atoms with Crippen LogP contribution in [0.1, 0.15) is 10.4 Å². The Morgan fingerprint density at radius 1 is 1.22 bits per heavy atom. The predicted molar refractivity (Wildman–Crippen MR) is 84.7 cm³/mol. The van der Waals surface area contributed by atoms with Gasteiger partial charge in [0.2, 0.25) is 0 Å². The molecule has 0 aliphatic carbocycles. The van der Waals surface area contributed by atoms with Crippen molar-refractivity contribution in [1.29, 1.82) is 0 Å². The third kappa shape index (κ3) is 3.57. The molecule has 1 aliphatic rings. The van der Waals surface area contributed by atoms with Crippen molar-refractivity contribution in [2.75, 3.05) is 47.4 Å². The molecule has 23 heavy (non-hydrogen) atoms. The fraction of sp³-hybridized carbons (Fsp3) is 0.500. The highest BCUT2D eigenvalue weighted by Gasteiger charge is 2.31. The zero-order valence-corrected chi connectivity index (χ0v) is 14.2. The first-order valence-corrected chi connectivity index (χ1v) is 8.51. The molecule has 0 spiro atoms. The molecular weight excluding hydrogens is 322 g/mol. The molecule has 0 unspecified atom stereocenters. The van der Waals surface area contributed by atoms with Crippen LogP contribution in [0.3, 0.4) is 0 Å². The Labute approximate surface area is 136 Å². The quantitative estimate of drug-likeness (QED) is 0.829. The normalized spacial score (nSPS) is 16.6. The summed E-state index contributed by atoms with van der Waals surface area (Å²) in [4.78, 5) is 14.0. The van der Waals surface area contributed by atoms with Crippen LogP contribution < -0.4 is 4.74 Å². The number of piperazine rings is 1. The van der Waals surface area contributed by atoms with Crippen LogP contribution in [-0.2, 0) is 10.2 Å². The molecule has 1 aromatic carbocycles. The Balaban J connectivity index is 2.07. The zero-order chi connectivity index (χ0) is 17.2. The molecule has 1 N–H and O–H groups in total. The molecule has 1 fully saturated rings. The van der Waals surface area contributed by atoms with E-state index in [-0.39, 0.29) is 43.4 Å². The third-order valence-electron chi connectivity index (χ3n) is 3.75. The average molecular weight is 343 g/mol. The zero-order valence-electron chi connectivity index (χ0n) is 13.4. The summed E-state index contributed by atoms with van der Waals surface area (Å²) in [7, 11) is 0.954. The van der Waals surface area contributed by atoms with Crippen LogP contribution in [0, 0.1) is 0 Å². The maximum Gasteiger partial charge on any atom is 0.281 e. The van der Waals surface area contributed by atoms with E-state index in [1.54, 1.807) is 6.07 Å². The smallest absolute Gasteiger partial charge is 0.281 e. The van der Waals surface area contributed by atoms with Crippen LogP contribution >= 0.6 is 0 Å². The summed E-state index contributed by atoms with van der Waals surface area (Å²) < 4.78 is 31.6. The van der Waals surface area contributed by atoms with Gasteiger partial charge in [0.15, 0.2) is 0 Å². The lowest BCUT2D eigenvalue weighted by Gasteiger charge is -2.35. The number of benzene rings is 1. The number of ether oxygens (including phenoxy) is 1. The predicted octanol–water partition coefficient (Wildman–Crippen LogP) is -0.0350. The number of rotatable bonds is 4. The molecule has 128 valence electrons. The van der Waals surface area contributed by atoms with Crippen molar-refractivity contribution in [1.82, 2.24) is 13.5 Å². The number of phenols is 1. The molecule has 8 nitrogen and oxygen atoms in total. The van der Waals surface area contributed by atoms with Crippen LogP contribution in [0.4, 0.5) is 0 Å². The van der Waals surface area contributed by atoms with Crippen molar-refractivity contribution in [3.8, 4) is 11.5 Å². The second-order valence-electron chi connectivity index (χ2n) is 5.36. The van der Waals surface area contributed by atoms with E-state index in [1.807, 2.05) is 0 Å². The lowest BCUT2D eigenvalue weighted by Crippen LogP contribution is -2.53. The first-order valence-electron chi connectivity index (χ1n) is 7.11. The van der Waals surface area contributed by atoms with Crippen LogP contribution in [0.25, 0.3) is 0 Å². The molecule has 0 radical (unpaired) electrons. The van der Waals surface area contributed by atoms with Gasteiger partial charge in [-0.25, -0.2) is 0 Å². The van der Waals surface area contributed by atoms with Crippen molar-refractivity contribution < 1.29 is 23.1 Å². The number of aromatic hydroxyl groups is 1. The second kappa shape index (κ2) is 6.73. The van der Waals surface area contributed by atoms with Gasteiger partial charge in [-0.1, -0.05) is 0 Å². The fourth-order valence-electron chi connectivity index (χ4n) is 2.34. The van der Waals surface area contributed by atoms with E-state index in [0.717, 1.165) is 4.31 Å². The van der Waals surface area contributed by atoms with E-state index < -0.39 is 10.2 Å². The number of carbonyl (C=O) groups excluding carboxylic acids is 1. The van der Waals surface area contributed by atoms with Gasteiger partial charge in [-0.3, -0.25) is 4.79 Å². The van der Waals surface area contributed by atoms with Gasteiger partial charge in [-0.2, -0.15) is 17.0 Å². The number of carbonyl (C=O) groups is 1. The van der Waals surface area contributed by atoms with Crippen LogP contribution in [-0.4, -0.2) is 80.3 Å². The van der Waals surface area contributed by atoms with E-state index >= 15 is 0 Å². The molecule has 0 atom stereocenters. The molecule has 0 aromatic heterocycles. The average Bonchev–Trinajstić information content (AvgIpc) is 2.54. The molecule has 0 saturated carbocycles. The minimum atomic E-state index is -3.47. The highest BCUT2D eigenvalue weighted by Crippen LogP contribution is 2.25. The largest absolute Gasteiger partial charge is 0.507 e. The maximum absolute atomic E-state index is 12.5. The summed E-state index contributed by atoms with van der Waals surface area (Å²) in [5, 5.41) is 9.94. The first-order chi connectivity index (χ1) is 10.8. The monoisotopic (exact) mass is 343 g/mol. The highest BCUT2D eigenvalue weighted by atomic mass is 32.2. The Morgan fingerprint density at radius 3 is 2.30 bits per heavy atom. The summed E-state index contributed by atoms with van der Waals surface area (Å²) >= 11 is 0. The summed E-state index contributed by atoms with van der Waals surface area (Å²) in [6.07, 6.45) is 0. The molecule has 1 aromatic rings. The van der Waals surface area contributed by atoms with Crippen LogP contribution in [0.2, 0.25) is 0 Å². The Bertz CT molecular complexity index is 682. The molecule has 1 aliphatic heterocycles. The van der Waals surface area contributed by atoms with Crippen molar-refractivity contribution in [2.24, 2.45) is 0 Å². The van der Waals surface area contributed by atoms with E-state index in [1.165, 1.54) is 42.5 Å². The van der Waals surface area contributed by atoms with Crippen molar-refractivity contribution in [3.63, 3.8) is 0 Å². The SMILES string of the molecule is COc1ccc(C(=O)N2CCN(S(=O)(=O)N(C)C)CC2)c(O)c1. The van der Waals surface area contributed by atoms with Crippen molar-refractivity contribution in [2.45, 2.75) is 0 Å². The van der Waals surface area contributed by atoms with Gasteiger partial charge in [0, 0.05) is 46.3 Å². The second-order valence-corrected chi connectivity index (χ2v) is 7.51. The van der Waals surface area contributed by atoms with Crippen LogP contribution in [0.5, 0.6) is 11.5 Å². The van der Waals surface area contributed by atoms with E-state index in [9.17, 15) is 18.3 Å². The van der Waals surface area contributed by atoms with E-state index in [0.29, 0.717) is 5.75 Å². The van der Waals surface area contributed by atoms with E-state index in [4.69, 9.17) is 4.74 Å². The van der Waals surface area contributed by atoms with Gasteiger partial charge in [0.1, 0.15) is 11.5 Å². The first kappa shape index (κ1) is 17.5. The van der Waals surface area contributed by atoms with Gasteiger partial charge in [0.25, 0.3) is 16.1 Å². The van der Waals surface area contributed by atoms with Gasteiger partial charge in [0.05, 0.1) is 12.7 Å². The molecule has 1 heterocycles. The summed E-state index contributed by atoms with van der Waals surface area (Å²) in [6, 6.07) is 4.47. The Hall–Kier alpha value is -1.84. The standard InChI is InChI=1S/C14H21N3O5S/c1-15(2)23(20,21)17-8-6-16(7-9-17)14(19)12-5-4-11(22-3)10-13(12)18/h4-5,10,18H,6-9H2,1-3H3. The lowest BCUT2D eigenvalue weighted by molar-refractivity contribution is 0.0692. The lowest BCUT2D eigenvalue weighted by atomic mass is 10.1. The number of phenolic OH excluding ortho intramolecular Hbond substituents is 1. The number of methoxy groups -OCH3 is 1. The minimum absolute atomic E-state index is 0.155. The summed E-state index contributed by atoms with van der Waals surface area (Å²) in [6.45, 7) is 1.00. The fourth-order valence-corrected chi connectivity index (χ4v) is 3.43. The highest BCUT2D eigenvalue weighted by molar-refractivity contribution is 7.86. The minimum Gasteiger partial charge on any atom is -0.507 e. The van der Waals surface area contributed by atoms with Crippen molar-refractivity contribution >= 4 is 16.1 Å².